The van der Waals surface area contributed by atoms with Crippen molar-refractivity contribution < 1.29 is 8.78 Å². The molecule has 1 aliphatic heterocycles. The minimum atomic E-state index is -0.299. The van der Waals surface area contributed by atoms with Gasteiger partial charge in [0.1, 0.15) is 17.2 Å². The number of thiocarbonyl (C=S) groups is 1. The fraction of sp³-hybridized carbons (Fsp3) is 0.200. The minimum absolute atomic E-state index is 0.179. The number of piperazine rings is 1. The SMILES string of the molecule is Nc1nc(N2CCN(C(=S)NCc3cccc(F)c3)CC2)c2nc(-c3ccc(F)cc3)ccc2n1. The quantitative estimate of drug-likeness (QED) is 0.418. The van der Waals surface area contributed by atoms with Gasteiger partial charge >= 0.3 is 0 Å². The maximum atomic E-state index is 13.4. The van der Waals surface area contributed by atoms with Crippen molar-refractivity contribution in [3.05, 3.63) is 77.9 Å². The van der Waals surface area contributed by atoms with E-state index in [1.165, 1.54) is 24.3 Å². The highest BCUT2D eigenvalue weighted by Gasteiger charge is 2.23. The van der Waals surface area contributed by atoms with Crippen LogP contribution in [0.5, 0.6) is 0 Å². The molecule has 1 aliphatic rings. The zero-order valence-corrected chi connectivity index (χ0v) is 19.6. The Bertz CT molecular complexity index is 1370. The van der Waals surface area contributed by atoms with Gasteiger partial charge in [-0.05, 0) is 66.3 Å². The van der Waals surface area contributed by atoms with E-state index in [0.717, 1.165) is 11.1 Å². The van der Waals surface area contributed by atoms with E-state index < -0.39 is 0 Å². The van der Waals surface area contributed by atoms with E-state index in [4.69, 9.17) is 22.9 Å². The third-order valence-corrected chi connectivity index (χ3v) is 6.28. The van der Waals surface area contributed by atoms with Crippen LogP contribution in [0.25, 0.3) is 22.3 Å². The number of hydrogen-bond acceptors (Lipinski definition) is 6. The molecular weight excluding hydrogens is 468 g/mol. The Morgan fingerprint density at radius 1 is 0.914 bits per heavy atom. The van der Waals surface area contributed by atoms with Crippen LogP contribution in [-0.4, -0.2) is 51.1 Å². The first-order valence-electron chi connectivity index (χ1n) is 11.2. The molecule has 0 atom stereocenters. The second kappa shape index (κ2) is 9.75. The zero-order chi connectivity index (χ0) is 24.4. The lowest BCUT2D eigenvalue weighted by Crippen LogP contribution is -2.51. The Balaban J connectivity index is 1.31. The van der Waals surface area contributed by atoms with E-state index in [1.807, 2.05) is 18.2 Å². The van der Waals surface area contributed by atoms with Gasteiger partial charge in [-0.2, -0.15) is 4.98 Å². The topological polar surface area (TPSA) is 83.2 Å². The molecule has 0 saturated carbocycles. The van der Waals surface area contributed by atoms with Crippen molar-refractivity contribution in [3.63, 3.8) is 0 Å². The number of nitrogens with one attached hydrogen (secondary N) is 1. The normalized spacial score (nSPS) is 13.8. The first-order chi connectivity index (χ1) is 17.0. The summed E-state index contributed by atoms with van der Waals surface area (Å²) in [5.74, 6) is 0.275. The van der Waals surface area contributed by atoms with Crippen molar-refractivity contribution in [2.45, 2.75) is 6.54 Å². The summed E-state index contributed by atoms with van der Waals surface area (Å²) >= 11 is 5.56. The average Bonchev–Trinajstić information content (AvgIpc) is 2.87. The maximum absolute atomic E-state index is 13.4. The molecule has 5 rings (SSSR count). The predicted molar refractivity (Wildman–Crippen MR) is 137 cm³/mol. The molecule has 0 bridgehead atoms. The molecule has 178 valence electrons. The number of fused-ring (bicyclic) bond motifs is 1. The molecule has 3 N–H and O–H groups in total. The highest BCUT2D eigenvalue weighted by Crippen LogP contribution is 2.27. The van der Waals surface area contributed by atoms with Crippen molar-refractivity contribution in [2.75, 3.05) is 36.8 Å². The lowest BCUT2D eigenvalue weighted by molar-refractivity contribution is 0.379. The monoisotopic (exact) mass is 491 g/mol. The average molecular weight is 492 g/mol. The van der Waals surface area contributed by atoms with Gasteiger partial charge in [0.2, 0.25) is 5.95 Å². The second-order valence-electron chi connectivity index (χ2n) is 8.24. The Kier molecular flexibility index (Phi) is 6.37. The summed E-state index contributed by atoms with van der Waals surface area (Å²) in [6.07, 6.45) is 0. The van der Waals surface area contributed by atoms with Gasteiger partial charge in [0.15, 0.2) is 10.9 Å². The Morgan fingerprint density at radius 3 is 2.43 bits per heavy atom. The smallest absolute Gasteiger partial charge is 0.222 e. The van der Waals surface area contributed by atoms with E-state index >= 15 is 0 Å². The van der Waals surface area contributed by atoms with Crippen LogP contribution < -0.4 is 16.0 Å². The zero-order valence-electron chi connectivity index (χ0n) is 18.8. The van der Waals surface area contributed by atoms with Gasteiger partial charge < -0.3 is 20.9 Å². The number of pyridine rings is 1. The molecule has 2 aromatic carbocycles. The summed E-state index contributed by atoms with van der Waals surface area (Å²) in [5.41, 5.74) is 9.61. The number of anilines is 2. The first kappa shape index (κ1) is 22.9. The molecule has 1 fully saturated rings. The molecular formula is C25H23F2N7S. The van der Waals surface area contributed by atoms with Crippen molar-refractivity contribution in [3.8, 4) is 11.3 Å². The van der Waals surface area contributed by atoms with Crippen LogP contribution in [0.4, 0.5) is 20.5 Å². The standard InChI is InChI=1S/C25H23F2N7S/c26-18-6-4-17(5-7-18)20-8-9-21-22(30-20)23(32-24(28)31-21)33-10-12-34(13-11-33)25(35)29-15-16-2-1-3-19(27)14-16/h1-9,14H,10-13,15H2,(H,29,35)(H2,28,31,32). The van der Waals surface area contributed by atoms with Crippen LogP contribution in [0.15, 0.2) is 60.7 Å². The largest absolute Gasteiger partial charge is 0.368 e. The van der Waals surface area contributed by atoms with Crippen molar-refractivity contribution in [2.24, 2.45) is 0 Å². The minimum Gasteiger partial charge on any atom is -0.368 e. The molecule has 35 heavy (non-hydrogen) atoms. The molecule has 0 radical (unpaired) electrons. The van der Waals surface area contributed by atoms with Gasteiger partial charge in [0.25, 0.3) is 0 Å². The van der Waals surface area contributed by atoms with E-state index in [2.05, 4.69) is 25.1 Å². The van der Waals surface area contributed by atoms with Gasteiger partial charge in [0, 0.05) is 38.3 Å². The lowest BCUT2D eigenvalue weighted by Gasteiger charge is -2.37. The van der Waals surface area contributed by atoms with Crippen LogP contribution >= 0.6 is 12.2 Å². The number of nitrogen functional groups attached to an aromatic ring is 1. The van der Waals surface area contributed by atoms with Crippen LogP contribution in [-0.2, 0) is 6.54 Å². The lowest BCUT2D eigenvalue weighted by atomic mass is 10.1. The number of aromatic nitrogens is 3. The van der Waals surface area contributed by atoms with E-state index in [9.17, 15) is 8.78 Å². The number of hydrogen-bond donors (Lipinski definition) is 2. The van der Waals surface area contributed by atoms with E-state index in [1.54, 1.807) is 18.2 Å². The first-order valence-corrected chi connectivity index (χ1v) is 11.6. The third-order valence-electron chi connectivity index (χ3n) is 5.88. The van der Waals surface area contributed by atoms with E-state index in [-0.39, 0.29) is 17.6 Å². The Labute approximate surface area is 206 Å². The van der Waals surface area contributed by atoms with Crippen LogP contribution in [0.3, 0.4) is 0 Å². The van der Waals surface area contributed by atoms with Gasteiger partial charge in [-0.15, -0.1) is 0 Å². The Hall–Kier alpha value is -3.92. The summed E-state index contributed by atoms with van der Waals surface area (Å²) in [4.78, 5) is 17.8. The molecule has 0 spiro atoms. The van der Waals surface area contributed by atoms with Crippen molar-refractivity contribution in [1.29, 1.82) is 0 Å². The van der Waals surface area contributed by atoms with Crippen LogP contribution in [0.2, 0.25) is 0 Å². The molecule has 0 amide bonds. The summed E-state index contributed by atoms with van der Waals surface area (Å²) < 4.78 is 26.8. The molecule has 10 heteroatoms. The van der Waals surface area contributed by atoms with E-state index in [0.29, 0.717) is 60.4 Å². The fourth-order valence-corrected chi connectivity index (χ4v) is 4.33. The van der Waals surface area contributed by atoms with Crippen molar-refractivity contribution >= 4 is 40.1 Å². The molecule has 3 heterocycles. The van der Waals surface area contributed by atoms with Crippen LogP contribution in [0.1, 0.15) is 5.56 Å². The molecule has 0 aliphatic carbocycles. The highest BCUT2D eigenvalue weighted by molar-refractivity contribution is 7.80. The van der Waals surface area contributed by atoms with Gasteiger partial charge in [0.05, 0.1) is 11.2 Å². The maximum Gasteiger partial charge on any atom is 0.222 e. The number of halogens is 2. The van der Waals surface area contributed by atoms with Crippen molar-refractivity contribution in [1.82, 2.24) is 25.2 Å². The van der Waals surface area contributed by atoms with Crippen LogP contribution in [0, 0.1) is 11.6 Å². The molecule has 0 unspecified atom stereocenters. The third kappa shape index (κ3) is 5.12. The molecule has 2 aromatic heterocycles. The van der Waals surface area contributed by atoms with Gasteiger partial charge in [-0.1, -0.05) is 12.1 Å². The fourth-order valence-electron chi connectivity index (χ4n) is 4.08. The molecule has 7 nitrogen and oxygen atoms in total. The highest BCUT2D eigenvalue weighted by atomic mass is 32.1. The van der Waals surface area contributed by atoms with Gasteiger partial charge in [-0.25, -0.2) is 18.7 Å². The predicted octanol–water partition coefficient (Wildman–Crippen LogP) is 3.75. The summed E-state index contributed by atoms with van der Waals surface area (Å²) in [7, 11) is 0. The van der Waals surface area contributed by atoms with Gasteiger partial charge in [-0.3, -0.25) is 0 Å². The summed E-state index contributed by atoms with van der Waals surface area (Å²) in [6.45, 7) is 3.14. The Morgan fingerprint density at radius 2 is 1.69 bits per heavy atom. The second-order valence-corrected chi connectivity index (χ2v) is 8.63. The molecule has 4 aromatic rings. The number of rotatable bonds is 4. The summed E-state index contributed by atoms with van der Waals surface area (Å²) in [6, 6.07) is 16.3. The number of nitrogens with two attached hydrogens (primary N) is 1. The number of benzene rings is 2. The molecule has 1 saturated heterocycles. The number of nitrogens with zero attached hydrogens (tertiary/aromatic N) is 5. The summed E-state index contributed by atoms with van der Waals surface area (Å²) in [5, 5.41) is 3.83.